The van der Waals surface area contributed by atoms with Crippen LogP contribution in [0.5, 0.6) is 5.75 Å². The third-order valence-electron chi connectivity index (χ3n) is 4.33. The van der Waals surface area contributed by atoms with Crippen molar-refractivity contribution < 1.29 is 14.3 Å². The van der Waals surface area contributed by atoms with E-state index < -0.39 is 0 Å². The number of carbonyl (C=O) groups excluding carboxylic acids is 1. The maximum atomic E-state index is 12.2. The van der Waals surface area contributed by atoms with Gasteiger partial charge in [-0.2, -0.15) is 0 Å². The molecule has 1 aliphatic heterocycles. The number of anilines is 1. The van der Waals surface area contributed by atoms with Gasteiger partial charge in [-0.25, -0.2) is 0 Å². The Balaban J connectivity index is 1.59. The molecule has 0 atom stereocenters. The average Bonchev–Trinajstić information content (AvgIpc) is 2.67. The lowest BCUT2D eigenvalue weighted by molar-refractivity contribution is -0.137. The molecule has 0 bridgehead atoms. The predicted octanol–water partition coefficient (Wildman–Crippen LogP) is 2.84. The standard InChI is InChI=1S/C20H24N2O3/c1-16-6-2-3-7-17(16)14-21-18-8-4-5-9-19(18)25-15-20(23)22-10-12-24-13-11-22/h2-9,21H,10-15H2,1H3. The number of hydrogen-bond donors (Lipinski definition) is 1. The smallest absolute Gasteiger partial charge is 0.260 e. The second-order valence-corrected chi connectivity index (χ2v) is 6.06. The first-order valence-corrected chi connectivity index (χ1v) is 8.60. The summed E-state index contributed by atoms with van der Waals surface area (Å²) in [6, 6.07) is 16.0. The molecule has 1 N–H and O–H groups in total. The van der Waals surface area contributed by atoms with E-state index in [2.05, 4.69) is 24.4 Å². The van der Waals surface area contributed by atoms with Gasteiger partial charge in [0, 0.05) is 19.6 Å². The number of carbonyl (C=O) groups is 1. The average molecular weight is 340 g/mol. The molecule has 1 fully saturated rings. The molecule has 0 aliphatic carbocycles. The molecule has 0 radical (unpaired) electrons. The molecule has 1 amide bonds. The van der Waals surface area contributed by atoms with Gasteiger partial charge in [0.15, 0.2) is 6.61 Å². The highest BCUT2D eigenvalue weighted by Gasteiger charge is 2.17. The summed E-state index contributed by atoms with van der Waals surface area (Å²) in [6.45, 7) is 5.32. The van der Waals surface area contributed by atoms with Crippen LogP contribution < -0.4 is 10.1 Å². The highest BCUT2D eigenvalue weighted by Crippen LogP contribution is 2.24. The number of benzene rings is 2. The number of ether oxygens (including phenoxy) is 2. The first-order chi connectivity index (χ1) is 12.2. The Morgan fingerprint density at radius 2 is 1.84 bits per heavy atom. The van der Waals surface area contributed by atoms with E-state index in [0.29, 0.717) is 38.6 Å². The zero-order valence-corrected chi connectivity index (χ0v) is 14.5. The van der Waals surface area contributed by atoms with Crippen LogP contribution in [0.1, 0.15) is 11.1 Å². The summed E-state index contributed by atoms with van der Waals surface area (Å²) < 4.78 is 11.0. The lowest BCUT2D eigenvalue weighted by Crippen LogP contribution is -2.43. The van der Waals surface area contributed by atoms with Crippen molar-refractivity contribution in [1.82, 2.24) is 4.90 Å². The van der Waals surface area contributed by atoms with Gasteiger partial charge in [-0.05, 0) is 30.2 Å². The maximum Gasteiger partial charge on any atom is 0.260 e. The summed E-state index contributed by atoms with van der Waals surface area (Å²) in [6.07, 6.45) is 0. The number of nitrogens with zero attached hydrogens (tertiary/aromatic N) is 1. The Morgan fingerprint density at radius 1 is 1.12 bits per heavy atom. The number of aryl methyl sites for hydroxylation is 1. The van der Waals surface area contributed by atoms with Crippen molar-refractivity contribution in [3.05, 3.63) is 59.7 Å². The van der Waals surface area contributed by atoms with E-state index in [9.17, 15) is 4.79 Å². The molecule has 1 heterocycles. The van der Waals surface area contributed by atoms with E-state index in [4.69, 9.17) is 9.47 Å². The van der Waals surface area contributed by atoms with Crippen LogP contribution in [0, 0.1) is 6.92 Å². The van der Waals surface area contributed by atoms with Crippen molar-refractivity contribution in [1.29, 1.82) is 0 Å². The largest absolute Gasteiger partial charge is 0.482 e. The summed E-state index contributed by atoms with van der Waals surface area (Å²) in [5, 5.41) is 3.40. The molecule has 5 nitrogen and oxygen atoms in total. The van der Waals surface area contributed by atoms with Crippen LogP contribution in [-0.2, 0) is 16.1 Å². The molecule has 0 aromatic heterocycles. The Bertz CT molecular complexity index is 712. The van der Waals surface area contributed by atoms with Gasteiger partial charge in [-0.3, -0.25) is 4.79 Å². The monoisotopic (exact) mass is 340 g/mol. The highest BCUT2D eigenvalue weighted by molar-refractivity contribution is 5.78. The summed E-state index contributed by atoms with van der Waals surface area (Å²) in [5.41, 5.74) is 3.37. The van der Waals surface area contributed by atoms with Crippen LogP contribution >= 0.6 is 0 Å². The quantitative estimate of drug-likeness (QED) is 0.878. The molecule has 0 unspecified atom stereocenters. The summed E-state index contributed by atoms with van der Waals surface area (Å²) >= 11 is 0. The number of para-hydroxylation sites is 2. The summed E-state index contributed by atoms with van der Waals surface area (Å²) in [7, 11) is 0. The van der Waals surface area contributed by atoms with Gasteiger partial charge in [0.05, 0.1) is 18.9 Å². The van der Waals surface area contributed by atoms with Gasteiger partial charge in [0.1, 0.15) is 5.75 Å². The number of hydrogen-bond acceptors (Lipinski definition) is 4. The fourth-order valence-electron chi connectivity index (χ4n) is 2.78. The number of nitrogens with one attached hydrogen (secondary N) is 1. The second-order valence-electron chi connectivity index (χ2n) is 6.06. The number of amides is 1. The topological polar surface area (TPSA) is 50.8 Å². The molecule has 2 aromatic carbocycles. The van der Waals surface area contributed by atoms with Crippen molar-refractivity contribution in [2.45, 2.75) is 13.5 Å². The fourth-order valence-corrected chi connectivity index (χ4v) is 2.78. The van der Waals surface area contributed by atoms with Crippen LogP contribution in [0.2, 0.25) is 0 Å². The Morgan fingerprint density at radius 3 is 2.64 bits per heavy atom. The van der Waals surface area contributed by atoms with E-state index in [1.807, 2.05) is 36.4 Å². The minimum Gasteiger partial charge on any atom is -0.482 e. The predicted molar refractivity (Wildman–Crippen MR) is 97.8 cm³/mol. The fraction of sp³-hybridized carbons (Fsp3) is 0.350. The van der Waals surface area contributed by atoms with Crippen molar-refractivity contribution in [3.8, 4) is 5.75 Å². The first-order valence-electron chi connectivity index (χ1n) is 8.60. The van der Waals surface area contributed by atoms with Crippen molar-refractivity contribution >= 4 is 11.6 Å². The third kappa shape index (κ3) is 4.73. The maximum absolute atomic E-state index is 12.2. The van der Waals surface area contributed by atoms with Crippen molar-refractivity contribution in [2.75, 3.05) is 38.2 Å². The Labute approximate surface area is 148 Å². The minimum atomic E-state index is -0.00277. The van der Waals surface area contributed by atoms with Gasteiger partial charge in [-0.15, -0.1) is 0 Å². The van der Waals surface area contributed by atoms with Gasteiger partial charge < -0.3 is 19.7 Å². The van der Waals surface area contributed by atoms with Gasteiger partial charge in [-0.1, -0.05) is 36.4 Å². The van der Waals surface area contributed by atoms with Crippen LogP contribution in [0.15, 0.2) is 48.5 Å². The van der Waals surface area contributed by atoms with Crippen LogP contribution in [0.3, 0.4) is 0 Å². The first kappa shape index (κ1) is 17.3. The Hall–Kier alpha value is -2.53. The molecular formula is C20H24N2O3. The van der Waals surface area contributed by atoms with E-state index in [-0.39, 0.29) is 12.5 Å². The van der Waals surface area contributed by atoms with Crippen molar-refractivity contribution in [2.24, 2.45) is 0 Å². The van der Waals surface area contributed by atoms with Gasteiger partial charge in [0.25, 0.3) is 5.91 Å². The van der Waals surface area contributed by atoms with Crippen LogP contribution in [0.4, 0.5) is 5.69 Å². The van der Waals surface area contributed by atoms with E-state index >= 15 is 0 Å². The molecular weight excluding hydrogens is 316 g/mol. The number of morpholine rings is 1. The Kier molecular flexibility index (Phi) is 5.90. The van der Waals surface area contributed by atoms with Crippen LogP contribution in [0.25, 0.3) is 0 Å². The van der Waals surface area contributed by atoms with Crippen molar-refractivity contribution in [3.63, 3.8) is 0 Å². The van der Waals surface area contributed by atoms with Crippen LogP contribution in [-0.4, -0.2) is 43.7 Å². The molecule has 1 aliphatic rings. The minimum absolute atomic E-state index is 0.00277. The molecule has 5 heteroatoms. The molecule has 3 rings (SSSR count). The van der Waals surface area contributed by atoms with E-state index in [1.165, 1.54) is 11.1 Å². The van der Waals surface area contributed by atoms with E-state index in [1.54, 1.807) is 4.90 Å². The third-order valence-corrected chi connectivity index (χ3v) is 4.33. The summed E-state index contributed by atoms with van der Waals surface area (Å²) in [4.78, 5) is 14.0. The van der Waals surface area contributed by atoms with Gasteiger partial charge in [0.2, 0.25) is 0 Å². The lowest BCUT2D eigenvalue weighted by atomic mass is 10.1. The number of rotatable bonds is 6. The second kappa shape index (κ2) is 8.53. The normalized spacial score (nSPS) is 14.2. The zero-order valence-electron chi connectivity index (χ0n) is 14.5. The SMILES string of the molecule is Cc1ccccc1CNc1ccccc1OCC(=O)N1CCOCC1. The molecule has 25 heavy (non-hydrogen) atoms. The molecule has 0 saturated carbocycles. The lowest BCUT2D eigenvalue weighted by Gasteiger charge is -2.26. The molecule has 132 valence electrons. The molecule has 2 aromatic rings. The highest BCUT2D eigenvalue weighted by atomic mass is 16.5. The summed E-state index contributed by atoms with van der Waals surface area (Å²) in [5.74, 6) is 0.690. The molecule has 1 saturated heterocycles. The van der Waals surface area contributed by atoms with Gasteiger partial charge >= 0.3 is 0 Å². The van der Waals surface area contributed by atoms with E-state index in [0.717, 1.165) is 5.69 Å². The molecule has 0 spiro atoms. The zero-order chi connectivity index (χ0) is 17.5.